The minimum Gasteiger partial charge on any atom is -0.550 e. The van der Waals surface area contributed by atoms with Crippen molar-refractivity contribution >= 4 is 29.3 Å². The van der Waals surface area contributed by atoms with Crippen LogP contribution in [0.3, 0.4) is 0 Å². The molecule has 1 heterocycles. The summed E-state index contributed by atoms with van der Waals surface area (Å²) in [5.74, 6) is -2.29. The van der Waals surface area contributed by atoms with Gasteiger partial charge in [-0.2, -0.15) is 0 Å². The number of hydrogen-bond acceptors (Lipinski definition) is 4. The Bertz CT molecular complexity index is 447. The number of thioether (sulfide) groups is 1. The van der Waals surface area contributed by atoms with Gasteiger partial charge in [-0.3, -0.25) is 4.79 Å². The van der Waals surface area contributed by atoms with E-state index >= 15 is 0 Å². The zero-order valence-corrected chi connectivity index (χ0v) is 9.41. The predicted octanol–water partition coefficient (Wildman–Crippen LogP) is 0.485. The number of fused-ring (bicyclic) bond motifs is 1. The Balaban J connectivity index is 2.28. The largest absolute Gasteiger partial charge is 0.550 e. The zero-order valence-electron chi connectivity index (χ0n) is 8.60. The third-order valence-corrected chi connectivity index (χ3v) is 3.97. The molecule has 0 aliphatic carbocycles. The Morgan fingerprint density at radius 3 is 2.88 bits per heavy atom. The maximum absolute atomic E-state index is 11.7. The van der Waals surface area contributed by atoms with Crippen molar-refractivity contribution in [3.8, 4) is 0 Å². The molecule has 4 nitrogen and oxygen atoms in total. The normalized spacial score (nSPS) is 20.8. The van der Waals surface area contributed by atoms with E-state index in [1.54, 1.807) is 6.07 Å². The van der Waals surface area contributed by atoms with Gasteiger partial charge >= 0.3 is 0 Å². The lowest BCUT2D eigenvalue weighted by Crippen LogP contribution is -2.42. The van der Waals surface area contributed by atoms with Crippen molar-refractivity contribution in [1.82, 2.24) is 0 Å². The summed E-state index contributed by atoms with van der Waals surface area (Å²) in [5, 5.41) is 12.8. The molecule has 1 aromatic rings. The molecule has 0 aromatic heterocycles. The Morgan fingerprint density at radius 1 is 1.50 bits per heavy atom. The van der Waals surface area contributed by atoms with E-state index in [0.717, 1.165) is 10.6 Å². The average molecular weight is 236 g/mol. The second-order valence-corrected chi connectivity index (χ2v) is 4.81. The minimum absolute atomic E-state index is 0.277. The van der Waals surface area contributed by atoms with Crippen LogP contribution < -0.4 is 10.4 Å². The highest BCUT2D eigenvalue weighted by Gasteiger charge is 2.31. The van der Waals surface area contributed by atoms with Crippen molar-refractivity contribution in [3.63, 3.8) is 0 Å². The van der Waals surface area contributed by atoms with Gasteiger partial charge in [-0.1, -0.05) is 19.1 Å². The van der Waals surface area contributed by atoms with Crippen molar-refractivity contribution < 1.29 is 14.7 Å². The molecule has 1 N–H and O–H groups in total. The number of amides is 1. The van der Waals surface area contributed by atoms with Crippen LogP contribution in [0.4, 0.5) is 5.69 Å². The van der Waals surface area contributed by atoms with E-state index in [1.807, 2.05) is 18.2 Å². The second kappa shape index (κ2) is 4.17. The number of para-hydroxylation sites is 1. The molecule has 0 saturated heterocycles. The molecule has 0 fully saturated rings. The van der Waals surface area contributed by atoms with Gasteiger partial charge in [0.05, 0.1) is 10.9 Å². The number of carboxylic acid groups (broad SMARTS) is 1. The van der Waals surface area contributed by atoms with Crippen LogP contribution in [0, 0.1) is 5.92 Å². The van der Waals surface area contributed by atoms with Gasteiger partial charge < -0.3 is 15.2 Å². The van der Waals surface area contributed by atoms with Crippen LogP contribution in [0.25, 0.3) is 0 Å². The standard InChI is InChI=1S/C11H11NO3S/c1-6(11(14)15)9-10(13)12-7-4-2-3-5-8(7)16-9/h2-6,9H,1H3,(H,12,13)(H,14,15)/p-1/t6-,9-/m1/s1. The lowest BCUT2D eigenvalue weighted by atomic mass is 10.1. The van der Waals surface area contributed by atoms with Crippen molar-refractivity contribution in [2.24, 2.45) is 5.92 Å². The zero-order chi connectivity index (χ0) is 11.7. The molecule has 1 aliphatic rings. The fourth-order valence-corrected chi connectivity index (χ4v) is 2.68. The number of rotatable bonds is 2. The first-order valence-corrected chi connectivity index (χ1v) is 5.75. The number of carbonyl (C=O) groups excluding carboxylic acids is 2. The molecule has 1 aromatic carbocycles. The molecule has 0 radical (unpaired) electrons. The highest BCUT2D eigenvalue weighted by atomic mass is 32.2. The van der Waals surface area contributed by atoms with Gasteiger partial charge in [0.2, 0.25) is 5.91 Å². The molecule has 2 rings (SSSR count). The van der Waals surface area contributed by atoms with Gasteiger partial charge in [0.25, 0.3) is 0 Å². The lowest BCUT2D eigenvalue weighted by Gasteiger charge is -2.28. The van der Waals surface area contributed by atoms with Gasteiger partial charge in [-0.05, 0) is 12.1 Å². The van der Waals surface area contributed by atoms with Gasteiger partial charge in [0.15, 0.2) is 0 Å². The van der Waals surface area contributed by atoms with E-state index in [9.17, 15) is 14.7 Å². The number of aliphatic carboxylic acids is 1. The molecule has 0 spiro atoms. The molecule has 0 saturated carbocycles. The molecular formula is C11H10NO3S-. The first-order valence-electron chi connectivity index (χ1n) is 4.87. The second-order valence-electron chi connectivity index (χ2n) is 3.63. The van der Waals surface area contributed by atoms with E-state index < -0.39 is 17.1 Å². The van der Waals surface area contributed by atoms with Crippen molar-refractivity contribution in [2.75, 3.05) is 5.32 Å². The van der Waals surface area contributed by atoms with Gasteiger partial charge in [0.1, 0.15) is 0 Å². The third-order valence-electron chi connectivity index (χ3n) is 2.48. The number of anilines is 1. The van der Waals surface area contributed by atoms with E-state index in [2.05, 4.69) is 5.32 Å². The first kappa shape index (κ1) is 11.0. The molecule has 1 aliphatic heterocycles. The summed E-state index contributed by atoms with van der Waals surface area (Å²) >= 11 is 1.27. The number of nitrogens with one attached hydrogen (secondary N) is 1. The average Bonchev–Trinajstić information content (AvgIpc) is 2.27. The lowest BCUT2D eigenvalue weighted by molar-refractivity contribution is -0.310. The van der Waals surface area contributed by atoms with Crippen molar-refractivity contribution in [3.05, 3.63) is 24.3 Å². The Hall–Kier alpha value is -1.49. The summed E-state index contributed by atoms with van der Waals surface area (Å²) in [4.78, 5) is 23.3. The number of benzene rings is 1. The van der Waals surface area contributed by atoms with Crippen LogP contribution in [0.1, 0.15) is 6.92 Å². The minimum atomic E-state index is -1.20. The SMILES string of the molecule is C[C@@H](C(=O)[O-])[C@H]1Sc2ccccc2NC1=O. The smallest absolute Gasteiger partial charge is 0.238 e. The summed E-state index contributed by atoms with van der Waals surface area (Å²) in [5.41, 5.74) is 0.735. The summed E-state index contributed by atoms with van der Waals surface area (Å²) in [6.07, 6.45) is 0. The fraction of sp³-hybridized carbons (Fsp3) is 0.273. The van der Waals surface area contributed by atoms with E-state index in [4.69, 9.17) is 0 Å². The van der Waals surface area contributed by atoms with Crippen LogP contribution in [0.2, 0.25) is 0 Å². The molecule has 0 bridgehead atoms. The number of carboxylic acids is 1. The summed E-state index contributed by atoms with van der Waals surface area (Å²) in [7, 11) is 0. The predicted molar refractivity (Wildman–Crippen MR) is 58.9 cm³/mol. The van der Waals surface area contributed by atoms with E-state index in [0.29, 0.717) is 0 Å². The Kier molecular flexibility index (Phi) is 2.87. The number of hydrogen-bond donors (Lipinski definition) is 1. The van der Waals surface area contributed by atoms with E-state index in [-0.39, 0.29) is 5.91 Å². The fourth-order valence-electron chi connectivity index (χ4n) is 1.52. The van der Waals surface area contributed by atoms with Crippen molar-refractivity contribution in [1.29, 1.82) is 0 Å². The molecular weight excluding hydrogens is 226 g/mol. The Labute approximate surface area is 97.0 Å². The quantitative estimate of drug-likeness (QED) is 0.811. The summed E-state index contributed by atoms with van der Waals surface area (Å²) in [6, 6.07) is 7.32. The third kappa shape index (κ3) is 1.90. The molecule has 0 unspecified atom stereocenters. The highest BCUT2D eigenvalue weighted by Crippen LogP contribution is 2.37. The van der Waals surface area contributed by atoms with E-state index in [1.165, 1.54) is 18.7 Å². The summed E-state index contributed by atoms with van der Waals surface area (Å²) in [6.45, 7) is 1.49. The molecule has 5 heteroatoms. The molecule has 2 atom stereocenters. The van der Waals surface area contributed by atoms with Crippen LogP contribution in [0.15, 0.2) is 29.2 Å². The first-order chi connectivity index (χ1) is 7.59. The Morgan fingerprint density at radius 2 is 2.19 bits per heavy atom. The van der Waals surface area contributed by atoms with Gasteiger partial charge in [0, 0.05) is 16.8 Å². The molecule has 16 heavy (non-hydrogen) atoms. The number of carbonyl (C=O) groups is 2. The topological polar surface area (TPSA) is 69.2 Å². The van der Waals surface area contributed by atoms with Gasteiger partial charge in [-0.25, -0.2) is 0 Å². The van der Waals surface area contributed by atoms with Crippen molar-refractivity contribution in [2.45, 2.75) is 17.1 Å². The maximum atomic E-state index is 11.7. The monoisotopic (exact) mass is 236 g/mol. The van der Waals surface area contributed by atoms with Crippen LogP contribution >= 0.6 is 11.8 Å². The van der Waals surface area contributed by atoms with Gasteiger partial charge in [-0.15, -0.1) is 11.8 Å². The summed E-state index contributed by atoms with van der Waals surface area (Å²) < 4.78 is 0. The maximum Gasteiger partial charge on any atom is 0.238 e. The van der Waals surface area contributed by atoms with Crippen LogP contribution in [-0.2, 0) is 9.59 Å². The van der Waals surface area contributed by atoms with Crippen LogP contribution in [-0.4, -0.2) is 17.1 Å². The van der Waals surface area contributed by atoms with Crippen LogP contribution in [0.5, 0.6) is 0 Å². The highest BCUT2D eigenvalue weighted by molar-refractivity contribution is 8.01. The molecule has 84 valence electrons. The molecule has 1 amide bonds.